The van der Waals surface area contributed by atoms with E-state index in [0.717, 1.165) is 0 Å². The van der Waals surface area contributed by atoms with Crippen molar-refractivity contribution in [1.82, 2.24) is 8.80 Å². The van der Waals surface area contributed by atoms with Crippen LogP contribution in [0.15, 0.2) is 72.8 Å². The van der Waals surface area contributed by atoms with Crippen LogP contribution in [0.25, 0.3) is 54.6 Å². The summed E-state index contributed by atoms with van der Waals surface area (Å²) >= 11 is 0. The first-order valence-corrected chi connectivity index (χ1v) is 9.81. The summed E-state index contributed by atoms with van der Waals surface area (Å²) in [6, 6.07) is 27.0. The summed E-state index contributed by atoms with van der Waals surface area (Å²) in [5.74, 6) is 0. The van der Waals surface area contributed by atoms with Crippen molar-refractivity contribution in [2.75, 3.05) is 0 Å². The van der Waals surface area contributed by atoms with Gasteiger partial charge in [-0.05, 0) is 55.3 Å². The molecule has 2 nitrogen and oxygen atoms in total. The summed E-state index contributed by atoms with van der Waals surface area (Å²) in [6.45, 7) is 4.38. The summed E-state index contributed by atoms with van der Waals surface area (Å²) in [5.41, 5.74) is 10.4. The van der Waals surface area contributed by atoms with E-state index in [0.29, 0.717) is 0 Å². The second-order valence-corrected chi connectivity index (χ2v) is 8.06. The molecule has 4 aromatic carbocycles. The highest BCUT2D eigenvalue weighted by Crippen LogP contribution is 2.40. The third-order valence-corrected chi connectivity index (χ3v) is 6.30. The smallest absolute Gasteiger partial charge is 0.0783 e. The summed E-state index contributed by atoms with van der Waals surface area (Å²) in [6.07, 6.45) is 0. The standard InChI is InChI=1S/C26H18N2/c1-15-10-11-18-20-12-16(2)14-24-26(20)28(23(18)13-15)22-9-5-7-19-17-6-3-4-8-21(17)27(24)25(19)22/h3-14H,1-2H3. The zero-order valence-corrected chi connectivity index (χ0v) is 15.8. The quantitative estimate of drug-likeness (QED) is 0.262. The Morgan fingerprint density at radius 2 is 1.14 bits per heavy atom. The van der Waals surface area contributed by atoms with Crippen LogP contribution in [-0.4, -0.2) is 8.80 Å². The van der Waals surface area contributed by atoms with E-state index in [2.05, 4.69) is 95.4 Å². The number of rotatable bonds is 0. The predicted octanol–water partition coefficient (Wildman–Crippen LogP) is 6.86. The second kappa shape index (κ2) is 4.66. The van der Waals surface area contributed by atoms with E-state index < -0.39 is 0 Å². The van der Waals surface area contributed by atoms with E-state index in [1.165, 1.54) is 65.8 Å². The van der Waals surface area contributed by atoms with Crippen LogP contribution >= 0.6 is 0 Å². The third kappa shape index (κ3) is 1.52. The minimum absolute atomic E-state index is 1.27. The van der Waals surface area contributed by atoms with Crippen LogP contribution in [0.5, 0.6) is 0 Å². The topological polar surface area (TPSA) is 8.82 Å². The van der Waals surface area contributed by atoms with Gasteiger partial charge >= 0.3 is 0 Å². The van der Waals surface area contributed by atoms with Gasteiger partial charge in [0.2, 0.25) is 0 Å². The number of para-hydroxylation sites is 2. The van der Waals surface area contributed by atoms with Gasteiger partial charge < -0.3 is 8.80 Å². The number of aryl methyl sites for hydroxylation is 2. The molecular formula is C26H18N2. The number of nitrogens with zero attached hydrogens (tertiary/aromatic N) is 2. The van der Waals surface area contributed by atoms with Crippen molar-refractivity contribution in [2.24, 2.45) is 0 Å². The van der Waals surface area contributed by atoms with Gasteiger partial charge in [0.1, 0.15) is 0 Å². The van der Waals surface area contributed by atoms with E-state index in [-0.39, 0.29) is 0 Å². The lowest BCUT2D eigenvalue weighted by atomic mass is 10.1. The number of hydrogen-bond acceptors (Lipinski definition) is 0. The van der Waals surface area contributed by atoms with Gasteiger partial charge in [-0.3, -0.25) is 0 Å². The van der Waals surface area contributed by atoms with Crippen LogP contribution in [0.1, 0.15) is 11.1 Å². The predicted molar refractivity (Wildman–Crippen MR) is 119 cm³/mol. The van der Waals surface area contributed by atoms with E-state index >= 15 is 0 Å². The Kier molecular flexibility index (Phi) is 2.42. The maximum atomic E-state index is 2.48. The molecule has 0 aliphatic carbocycles. The molecule has 0 unspecified atom stereocenters. The molecule has 28 heavy (non-hydrogen) atoms. The van der Waals surface area contributed by atoms with Crippen molar-refractivity contribution in [2.45, 2.75) is 13.8 Å². The molecule has 7 aromatic rings. The van der Waals surface area contributed by atoms with E-state index in [1.54, 1.807) is 0 Å². The fourth-order valence-corrected chi connectivity index (χ4v) is 5.23. The third-order valence-electron chi connectivity index (χ3n) is 6.30. The Bertz CT molecular complexity index is 1730. The average molecular weight is 358 g/mol. The molecule has 0 atom stereocenters. The van der Waals surface area contributed by atoms with Crippen LogP contribution in [0.2, 0.25) is 0 Å². The molecule has 0 saturated heterocycles. The molecule has 132 valence electrons. The van der Waals surface area contributed by atoms with Gasteiger partial charge in [0, 0.05) is 21.5 Å². The summed E-state index contributed by atoms with van der Waals surface area (Å²) in [4.78, 5) is 0. The highest BCUT2D eigenvalue weighted by Gasteiger charge is 2.20. The minimum atomic E-state index is 1.27. The number of hydrogen-bond donors (Lipinski definition) is 0. The Labute approximate surface area is 161 Å². The fraction of sp³-hybridized carbons (Fsp3) is 0.0769. The molecular weight excluding hydrogens is 340 g/mol. The fourth-order valence-electron chi connectivity index (χ4n) is 5.23. The van der Waals surface area contributed by atoms with Gasteiger partial charge in [-0.25, -0.2) is 0 Å². The molecule has 0 radical (unpaired) electrons. The van der Waals surface area contributed by atoms with Gasteiger partial charge in [-0.15, -0.1) is 0 Å². The largest absolute Gasteiger partial charge is 0.305 e. The molecule has 0 bridgehead atoms. The normalized spacial score (nSPS) is 12.6. The van der Waals surface area contributed by atoms with Gasteiger partial charge in [0.25, 0.3) is 0 Å². The van der Waals surface area contributed by atoms with Crippen molar-refractivity contribution < 1.29 is 0 Å². The molecule has 0 saturated carbocycles. The summed E-state index contributed by atoms with van der Waals surface area (Å²) in [7, 11) is 0. The van der Waals surface area contributed by atoms with E-state index in [9.17, 15) is 0 Å². The number of benzene rings is 4. The molecule has 0 aliphatic heterocycles. The lowest BCUT2D eigenvalue weighted by Crippen LogP contribution is -1.97. The maximum Gasteiger partial charge on any atom is 0.0783 e. The lowest BCUT2D eigenvalue weighted by molar-refractivity contribution is 1.25. The Morgan fingerprint density at radius 1 is 0.464 bits per heavy atom. The van der Waals surface area contributed by atoms with Crippen LogP contribution in [0, 0.1) is 13.8 Å². The van der Waals surface area contributed by atoms with Gasteiger partial charge in [0.05, 0.1) is 33.1 Å². The second-order valence-electron chi connectivity index (χ2n) is 8.06. The average Bonchev–Trinajstić information content (AvgIpc) is 3.20. The van der Waals surface area contributed by atoms with Crippen molar-refractivity contribution in [3.8, 4) is 0 Å². The van der Waals surface area contributed by atoms with Crippen LogP contribution in [0.3, 0.4) is 0 Å². The van der Waals surface area contributed by atoms with Gasteiger partial charge in [0.15, 0.2) is 0 Å². The number of fused-ring (bicyclic) bond motifs is 8. The Balaban J connectivity index is 1.99. The van der Waals surface area contributed by atoms with Gasteiger partial charge in [-0.2, -0.15) is 0 Å². The lowest BCUT2D eigenvalue weighted by Gasteiger charge is -2.12. The molecule has 0 spiro atoms. The monoisotopic (exact) mass is 358 g/mol. The zero-order chi connectivity index (χ0) is 18.6. The first-order chi connectivity index (χ1) is 13.7. The van der Waals surface area contributed by atoms with Crippen molar-refractivity contribution >= 4 is 54.6 Å². The number of aromatic nitrogens is 2. The summed E-state index contributed by atoms with van der Waals surface area (Å²) in [5, 5.41) is 5.31. The molecule has 3 heterocycles. The van der Waals surface area contributed by atoms with Crippen molar-refractivity contribution in [3.63, 3.8) is 0 Å². The van der Waals surface area contributed by atoms with Gasteiger partial charge in [-0.1, -0.05) is 42.5 Å². The maximum absolute atomic E-state index is 2.48. The van der Waals surface area contributed by atoms with E-state index in [1.807, 2.05) is 0 Å². The first kappa shape index (κ1) is 14.5. The van der Waals surface area contributed by atoms with E-state index in [4.69, 9.17) is 0 Å². The summed E-state index contributed by atoms with van der Waals surface area (Å²) < 4.78 is 4.95. The molecule has 3 aromatic heterocycles. The molecule has 0 aliphatic rings. The van der Waals surface area contributed by atoms with Crippen LogP contribution in [0.4, 0.5) is 0 Å². The highest BCUT2D eigenvalue weighted by atomic mass is 15.0. The molecule has 0 fully saturated rings. The molecule has 2 heteroatoms. The SMILES string of the molecule is Cc1ccc2c3cc(C)cc4c3n(c2c1)c1cccc2c3ccccc3n4c21. The van der Waals surface area contributed by atoms with Crippen molar-refractivity contribution in [1.29, 1.82) is 0 Å². The van der Waals surface area contributed by atoms with Crippen molar-refractivity contribution in [3.05, 3.63) is 83.9 Å². The first-order valence-electron chi connectivity index (χ1n) is 9.81. The zero-order valence-electron chi connectivity index (χ0n) is 15.8. The Morgan fingerprint density at radius 3 is 2.07 bits per heavy atom. The van der Waals surface area contributed by atoms with Crippen LogP contribution < -0.4 is 0 Å². The minimum Gasteiger partial charge on any atom is -0.305 e. The van der Waals surface area contributed by atoms with Crippen LogP contribution in [-0.2, 0) is 0 Å². The molecule has 0 N–H and O–H groups in total. The molecule has 7 rings (SSSR count). The highest BCUT2D eigenvalue weighted by molar-refractivity contribution is 6.21. The Hall–Kier alpha value is -3.52. The molecule has 0 amide bonds.